The summed E-state index contributed by atoms with van der Waals surface area (Å²) >= 11 is 0. The van der Waals surface area contributed by atoms with Crippen LogP contribution in [0.25, 0.3) is 0 Å². The largest absolute Gasteiger partial charge is 0.494 e. The lowest BCUT2D eigenvalue weighted by atomic mass is 10.1. The van der Waals surface area contributed by atoms with E-state index in [0.29, 0.717) is 23.5 Å². The van der Waals surface area contributed by atoms with Crippen molar-refractivity contribution in [3.8, 4) is 5.75 Å². The lowest BCUT2D eigenvalue weighted by Gasteiger charge is -2.12. The van der Waals surface area contributed by atoms with Crippen molar-refractivity contribution in [3.05, 3.63) is 53.3 Å². The second-order valence-corrected chi connectivity index (χ2v) is 5.23. The minimum atomic E-state index is -0.945. The number of aromatic nitrogens is 1. The Morgan fingerprint density at radius 3 is 2.33 bits per heavy atom. The third kappa shape index (κ3) is 4.10. The lowest BCUT2D eigenvalue weighted by Crippen LogP contribution is -2.24. The van der Waals surface area contributed by atoms with Crippen LogP contribution >= 0.6 is 0 Å². The Kier molecular flexibility index (Phi) is 5.52. The maximum absolute atomic E-state index is 12.3. The maximum Gasteiger partial charge on any atom is 0.355 e. The van der Waals surface area contributed by atoms with Gasteiger partial charge in [0.25, 0.3) is 0 Å². The quantitative estimate of drug-likeness (QED) is 0.623. The number of Topliss-reactive ketones (excluding diaryl/α,β-unsaturated/α-hetero) is 2. The molecule has 0 radical (unpaired) electrons. The van der Waals surface area contributed by atoms with Crippen LogP contribution in [-0.4, -0.2) is 35.2 Å². The number of nitrogens with one attached hydrogen (secondary N) is 1. The third-order valence-electron chi connectivity index (χ3n) is 3.41. The number of hydrogen-bond acceptors (Lipinski definition) is 5. The molecule has 0 saturated carbocycles. The van der Waals surface area contributed by atoms with Gasteiger partial charge in [-0.25, -0.2) is 4.79 Å². The smallest absolute Gasteiger partial charge is 0.355 e. The number of esters is 1. The predicted octanol–water partition coefficient (Wildman–Crippen LogP) is 3.04. The lowest BCUT2D eigenvalue weighted by molar-refractivity contribution is 0.0314. The standard InChI is InChI=1S/C18H19NO5/c1-4-23-15-7-5-13(6-8-15)17(21)12(3)24-18(22)16-9-14(10-19-16)11(2)20/h5-10,12,19H,4H2,1-3H3/t12-/m0/s1. The normalized spacial score (nSPS) is 11.6. The fourth-order valence-corrected chi connectivity index (χ4v) is 2.11. The van der Waals surface area contributed by atoms with Crippen molar-refractivity contribution in [2.45, 2.75) is 26.9 Å². The molecule has 6 nitrogen and oxygen atoms in total. The first-order chi connectivity index (χ1) is 11.4. The van der Waals surface area contributed by atoms with Crippen LogP contribution in [0.4, 0.5) is 0 Å². The average molecular weight is 329 g/mol. The zero-order valence-corrected chi connectivity index (χ0v) is 13.8. The number of carbonyl (C=O) groups excluding carboxylic acids is 3. The van der Waals surface area contributed by atoms with Gasteiger partial charge in [-0.05, 0) is 51.1 Å². The Morgan fingerprint density at radius 1 is 1.12 bits per heavy atom. The minimum absolute atomic E-state index is 0.131. The van der Waals surface area contributed by atoms with Crippen LogP contribution in [0.5, 0.6) is 5.75 Å². The molecule has 0 aliphatic carbocycles. The van der Waals surface area contributed by atoms with Crippen molar-refractivity contribution in [1.82, 2.24) is 4.98 Å². The molecule has 0 aliphatic rings. The molecule has 0 spiro atoms. The number of carbonyl (C=O) groups is 3. The maximum atomic E-state index is 12.3. The zero-order valence-electron chi connectivity index (χ0n) is 13.8. The molecule has 1 aromatic heterocycles. The number of H-pyrrole nitrogens is 1. The van der Waals surface area contributed by atoms with E-state index in [1.165, 1.54) is 26.1 Å². The van der Waals surface area contributed by atoms with Gasteiger partial charge in [-0.2, -0.15) is 0 Å². The fourth-order valence-electron chi connectivity index (χ4n) is 2.11. The summed E-state index contributed by atoms with van der Waals surface area (Å²) in [6, 6.07) is 8.03. The van der Waals surface area contributed by atoms with Gasteiger partial charge in [0.15, 0.2) is 11.9 Å². The van der Waals surface area contributed by atoms with E-state index in [-0.39, 0.29) is 17.3 Å². The molecule has 1 aromatic carbocycles. The van der Waals surface area contributed by atoms with Crippen LogP contribution in [0, 0.1) is 0 Å². The number of ketones is 2. The molecule has 1 N–H and O–H groups in total. The first kappa shape index (κ1) is 17.5. The van der Waals surface area contributed by atoms with Gasteiger partial charge in [0.1, 0.15) is 11.4 Å². The number of hydrogen-bond donors (Lipinski definition) is 1. The summed E-state index contributed by atoms with van der Waals surface area (Å²) < 4.78 is 10.5. The molecule has 1 heterocycles. The van der Waals surface area contributed by atoms with E-state index >= 15 is 0 Å². The summed E-state index contributed by atoms with van der Waals surface area (Å²) in [6.45, 7) is 5.32. The molecular weight excluding hydrogens is 310 g/mol. The Labute approximate surface area is 139 Å². The second kappa shape index (κ2) is 7.59. The molecule has 2 aromatic rings. The molecule has 0 amide bonds. The van der Waals surface area contributed by atoms with Crippen molar-refractivity contribution in [2.75, 3.05) is 6.61 Å². The molecule has 0 aliphatic heterocycles. The van der Waals surface area contributed by atoms with Gasteiger partial charge in [0, 0.05) is 17.3 Å². The van der Waals surface area contributed by atoms with Crippen LogP contribution in [0.1, 0.15) is 52.0 Å². The van der Waals surface area contributed by atoms with E-state index in [0.717, 1.165) is 0 Å². The van der Waals surface area contributed by atoms with Crippen molar-refractivity contribution in [1.29, 1.82) is 0 Å². The van der Waals surface area contributed by atoms with E-state index in [2.05, 4.69) is 4.98 Å². The number of benzene rings is 1. The van der Waals surface area contributed by atoms with E-state index < -0.39 is 12.1 Å². The minimum Gasteiger partial charge on any atom is -0.494 e. The van der Waals surface area contributed by atoms with Crippen molar-refractivity contribution in [2.24, 2.45) is 0 Å². The molecular formula is C18H19NO5. The highest BCUT2D eigenvalue weighted by molar-refractivity contribution is 6.02. The number of rotatable bonds is 7. The van der Waals surface area contributed by atoms with Gasteiger partial charge in [0.05, 0.1) is 6.61 Å². The molecule has 6 heteroatoms. The number of ether oxygens (including phenoxy) is 2. The molecule has 0 saturated heterocycles. The number of aromatic amines is 1. The molecule has 0 bridgehead atoms. The predicted molar refractivity (Wildman–Crippen MR) is 87.6 cm³/mol. The molecule has 24 heavy (non-hydrogen) atoms. The molecule has 0 unspecified atom stereocenters. The second-order valence-electron chi connectivity index (χ2n) is 5.23. The van der Waals surface area contributed by atoms with Gasteiger partial charge in [-0.3, -0.25) is 9.59 Å². The molecule has 1 atom stereocenters. The summed E-state index contributed by atoms with van der Waals surface area (Å²) in [6.07, 6.45) is 0.484. The molecule has 0 fully saturated rings. The SMILES string of the molecule is CCOc1ccc(C(=O)[C@H](C)OC(=O)c2cc(C(C)=O)c[nH]2)cc1. The van der Waals surface area contributed by atoms with Crippen LogP contribution in [-0.2, 0) is 4.74 Å². The van der Waals surface area contributed by atoms with Gasteiger partial charge < -0.3 is 14.5 Å². The van der Waals surface area contributed by atoms with Crippen LogP contribution in [0.2, 0.25) is 0 Å². The molecule has 126 valence electrons. The topological polar surface area (TPSA) is 85.5 Å². The van der Waals surface area contributed by atoms with E-state index in [1.807, 2.05) is 6.92 Å². The Balaban J connectivity index is 2.02. The average Bonchev–Trinajstić information content (AvgIpc) is 3.05. The highest BCUT2D eigenvalue weighted by Crippen LogP contribution is 2.15. The summed E-state index contributed by atoms with van der Waals surface area (Å²) in [5.41, 5.74) is 0.939. The molecule has 2 rings (SSSR count). The zero-order chi connectivity index (χ0) is 17.7. The van der Waals surface area contributed by atoms with E-state index in [4.69, 9.17) is 9.47 Å². The van der Waals surface area contributed by atoms with Crippen LogP contribution < -0.4 is 4.74 Å². The first-order valence-corrected chi connectivity index (χ1v) is 7.59. The summed E-state index contributed by atoms with van der Waals surface area (Å²) in [5, 5.41) is 0. The Hall–Kier alpha value is -2.89. The van der Waals surface area contributed by atoms with Crippen LogP contribution in [0.3, 0.4) is 0 Å². The third-order valence-corrected chi connectivity index (χ3v) is 3.41. The Morgan fingerprint density at radius 2 is 1.79 bits per heavy atom. The fraction of sp³-hybridized carbons (Fsp3) is 0.278. The summed E-state index contributed by atoms with van der Waals surface area (Å²) in [4.78, 5) is 38.2. The van der Waals surface area contributed by atoms with Crippen molar-refractivity contribution in [3.63, 3.8) is 0 Å². The van der Waals surface area contributed by atoms with Crippen LogP contribution in [0.15, 0.2) is 36.5 Å². The van der Waals surface area contributed by atoms with E-state index in [9.17, 15) is 14.4 Å². The first-order valence-electron chi connectivity index (χ1n) is 7.59. The van der Waals surface area contributed by atoms with Gasteiger partial charge in [-0.15, -0.1) is 0 Å². The van der Waals surface area contributed by atoms with Gasteiger partial charge in [-0.1, -0.05) is 0 Å². The van der Waals surface area contributed by atoms with Gasteiger partial charge >= 0.3 is 5.97 Å². The highest BCUT2D eigenvalue weighted by Gasteiger charge is 2.21. The monoisotopic (exact) mass is 329 g/mol. The van der Waals surface area contributed by atoms with Gasteiger partial charge in [0.2, 0.25) is 5.78 Å². The van der Waals surface area contributed by atoms with Crippen molar-refractivity contribution < 1.29 is 23.9 Å². The highest BCUT2D eigenvalue weighted by atomic mass is 16.5. The summed E-state index contributed by atoms with van der Waals surface area (Å²) in [5.74, 6) is -0.496. The Bertz CT molecular complexity index is 745. The summed E-state index contributed by atoms with van der Waals surface area (Å²) in [7, 11) is 0. The van der Waals surface area contributed by atoms with E-state index in [1.54, 1.807) is 24.3 Å². The van der Waals surface area contributed by atoms with Crippen molar-refractivity contribution >= 4 is 17.5 Å².